The van der Waals surface area contributed by atoms with E-state index in [1.165, 1.54) is 0 Å². The molecule has 0 fully saturated rings. The van der Waals surface area contributed by atoms with Crippen molar-refractivity contribution >= 4 is 22.0 Å². The molecule has 1 aliphatic heterocycles. The van der Waals surface area contributed by atoms with Crippen molar-refractivity contribution in [3.8, 4) is 0 Å². The van der Waals surface area contributed by atoms with Crippen LogP contribution in [0, 0.1) is 0 Å². The van der Waals surface area contributed by atoms with Crippen molar-refractivity contribution in [3.63, 3.8) is 0 Å². The number of hydrogen-bond acceptors (Lipinski definition) is 2. The lowest BCUT2D eigenvalue weighted by molar-refractivity contribution is 0.0176. The summed E-state index contributed by atoms with van der Waals surface area (Å²) < 4.78 is 6.53. The number of amides is 1. The Morgan fingerprint density at radius 2 is 1.90 bits per heavy atom. The van der Waals surface area contributed by atoms with Crippen LogP contribution >= 0.6 is 15.9 Å². The van der Waals surface area contributed by atoms with Gasteiger partial charge in [0.1, 0.15) is 5.60 Å². The highest BCUT2D eigenvalue weighted by Crippen LogP contribution is 2.30. The zero-order chi connectivity index (χ0) is 14.8. The molecule has 0 spiro atoms. The quantitative estimate of drug-likeness (QED) is 0.696. The van der Waals surface area contributed by atoms with E-state index < -0.39 is 5.60 Å². The highest BCUT2D eigenvalue weighted by atomic mass is 79.9. The maximum Gasteiger partial charge on any atom is 0.411 e. The van der Waals surface area contributed by atoms with Crippen LogP contribution in [-0.4, -0.2) is 23.1 Å². The van der Waals surface area contributed by atoms with Crippen molar-refractivity contribution in [3.05, 3.63) is 46.5 Å². The van der Waals surface area contributed by atoms with Crippen LogP contribution in [0.25, 0.3) is 0 Å². The first-order chi connectivity index (χ1) is 9.37. The second-order valence-electron chi connectivity index (χ2n) is 5.91. The first-order valence-corrected chi connectivity index (χ1v) is 7.56. The van der Waals surface area contributed by atoms with E-state index in [9.17, 15) is 4.79 Å². The van der Waals surface area contributed by atoms with E-state index in [0.29, 0.717) is 6.54 Å². The molecule has 3 nitrogen and oxygen atoms in total. The van der Waals surface area contributed by atoms with Crippen LogP contribution in [0.4, 0.5) is 4.79 Å². The fourth-order valence-electron chi connectivity index (χ4n) is 2.19. The predicted octanol–water partition coefficient (Wildman–Crippen LogP) is 4.69. The number of halogens is 1. The minimum absolute atomic E-state index is 0.0444. The van der Waals surface area contributed by atoms with Gasteiger partial charge in [0.2, 0.25) is 0 Å². The molecule has 0 aromatic heterocycles. The third-order valence-electron chi connectivity index (χ3n) is 3.09. The average molecular weight is 338 g/mol. The number of carbonyl (C=O) groups is 1. The SMILES string of the molecule is CC(C)(C)OC(=O)N1CC=CCC1c1ccc(Br)cc1. The second kappa shape index (κ2) is 6.00. The summed E-state index contributed by atoms with van der Waals surface area (Å²) in [6.07, 6.45) is 4.70. The molecule has 1 aromatic carbocycles. The van der Waals surface area contributed by atoms with Crippen LogP contribution in [0.15, 0.2) is 40.9 Å². The summed E-state index contributed by atoms with van der Waals surface area (Å²) in [5, 5.41) is 0. The molecular weight excluding hydrogens is 318 g/mol. The Bertz CT molecular complexity index is 502. The average Bonchev–Trinajstić information content (AvgIpc) is 2.38. The zero-order valence-electron chi connectivity index (χ0n) is 12.1. The largest absolute Gasteiger partial charge is 0.444 e. The normalized spacial score (nSPS) is 19.0. The summed E-state index contributed by atoms with van der Waals surface area (Å²) >= 11 is 3.43. The van der Waals surface area contributed by atoms with E-state index >= 15 is 0 Å². The van der Waals surface area contributed by atoms with Gasteiger partial charge in [-0.05, 0) is 44.9 Å². The number of nitrogens with zero attached hydrogens (tertiary/aromatic N) is 1. The second-order valence-corrected chi connectivity index (χ2v) is 6.82. The number of hydrogen-bond donors (Lipinski definition) is 0. The van der Waals surface area contributed by atoms with Crippen molar-refractivity contribution in [2.45, 2.75) is 38.8 Å². The molecule has 0 aliphatic carbocycles. The molecule has 1 aromatic rings. The molecule has 1 atom stereocenters. The Labute approximate surface area is 128 Å². The van der Waals surface area contributed by atoms with Crippen molar-refractivity contribution < 1.29 is 9.53 Å². The van der Waals surface area contributed by atoms with Crippen molar-refractivity contribution in [1.29, 1.82) is 0 Å². The molecule has 4 heteroatoms. The minimum atomic E-state index is -0.470. The summed E-state index contributed by atoms with van der Waals surface area (Å²) in [7, 11) is 0. The third-order valence-corrected chi connectivity index (χ3v) is 3.62. The Hall–Kier alpha value is -1.29. The molecule has 0 saturated heterocycles. The summed E-state index contributed by atoms with van der Waals surface area (Å²) in [6, 6.07) is 8.14. The molecule has 0 saturated carbocycles. The fraction of sp³-hybridized carbons (Fsp3) is 0.438. The van der Waals surface area contributed by atoms with Crippen LogP contribution in [0.2, 0.25) is 0 Å². The number of rotatable bonds is 1. The lowest BCUT2D eigenvalue weighted by Gasteiger charge is -2.34. The fourth-order valence-corrected chi connectivity index (χ4v) is 2.46. The van der Waals surface area contributed by atoms with Crippen LogP contribution < -0.4 is 0 Å². The molecule has 0 bridgehead atoms. The number of carbonyl (C=O) groups excluding carboxylic acids is 1. The lowest BCUT2D eigenvalue weighted by atomic mass is 9.99. The maximum atomic E-state index is 12.3. The van der Waals surface area contributed by atoms with Gasteiger partial charge in [0, 0.05) is 11.0 Å². The molecule has 2 rings (SSSR count). The first-order valence-electron chi connectivity index (χ1n) is 6.77. The van der Waals surface area contributed by atoms with Crippen molar-refractivity contribution in [2.75, 3.05) is 6.54 Å². The summed E-state index contributed by atoms with van der Waals surface area (Å²) in [4.78, 5) is 14.1. The van der Waals surface area contributed by atoms with Crippen LogP contribution in [0.1, 0.15) is 38.8 Å². The highest BCUT2D eigenvalue weighted by Gasteiger charge is 2.29. The maximum absolute atomic E-state index is 12.3. The van der Waals surface area contributed by atoms with Gasteiger partial charge in [-0.3, -0.25) is 4.90 Å². The smallest absolute Gasteiger partial charge is 0.411 e. The van der Waals surface area contributed by atoms with E-state index in [0.717, 1.165) is 16.5 Å². The molecule has 20 heavy (non-hydrogen) atoms. The monoisotopic (exact) mass is 337 g/mol. The topological polar surface area (TPSA) is 29.5 Å². The van der Waals surface area contributed by atoms with E-state index in [-0.39, 0.29) is 12.1 Å². The van der Waals surface area contributed by atoms with Gasteiger partial charge >= 0.3 is 6.09 Å². The van der Waals surface area contributed by atoms with Gasteiger partial charge in [0.25, 0.3) is 0 Å². The summed E-state index contributed by atoms with van der Waals surface area (Å²) in [6.45, 7) is 6.26. The Morgan fingerprint density at radius 1 is 1.25 bits per heavy atom. The molecule has 0 N–H and O–H groups in total. The molecular formula is C16H20BrNO2. The van der Waals surface area contributed by atoms with Gasteiger partial charge in [-0.25, -0.2) is 4.79 Å². The van der Waals surface area contributed by atoms with E-state index in [4.69, 9.17) is 4.74 Å². The Kier molecular flexibility index (Phi) is 4.53. The van der Waals surface area contributed by atoms with Crippen molar-refractivity contribution in [1.82, 2.24) is 4.90 Å². The summed E-state index contributed by atoms with van der Waals surface area (Å²) in [5.74, 6) is 0. The van der Waals surface area contributed by atoms with Gasteiger partial charge in [0.15, 0.2) is 0 Å². The van der Waals surface area contributed by atoms with Gasteiger partial charge < -0.3 is 4.74 Å². The van der Waals surface area contributed by atoms with Crippen LogP contribution in [-0.2, 0) is 4.74 Å². The van der Waals surface area contributed by atoms with Crippen molar-refractivity contribution in [2.24, 2.45) is 0 Å². The highest BCUT2D eigenvalue weighted by molar-refractivity contribution is 9.10. The third kappa shape index (κ3) is 3.85. The molecule has 1 aliphatic rings. The lowest BCUT2D eigenvalue weighted by Crippen LogP contribution is -2.40. The summed E-state index contributed by atoms with van der Waals surface area (Å²) in [5.41, 5.74) is 0.658. The number of benzene rings is 1. The molecule has 1 amide bonds. The van der Waals surface area contributed by atoms with Gasteiger partial charge in [0.05, 0.1) is 6.04 Å². The van der Waals surface area contributed by atoms with E-state index in [2.05, 4.69) is 22.0 Å². The standard InChI is InChI=1S/C16H20BrNO2/c1-16(2,3)20-15(19)18-11-5-4-6-14(18)12-7-9-13(17)10-8-12/h4-5,7-10,14H,6,11H2,1-3H3. The predicted molar refractivity (Wildman–Crippen MR) is 83.6 cm³/mol. The molecule has 1 heterocycles. The first kappa shape index (κ1) is 15.1. The van der Waals surface area contributed by atoms with Gasteiger partial charge in [-0.2, -0.15) is 0 Å². The van der Waals surface area contributed by atoms with Gasteiger partial charge in [-0.15, -0.1) is 0 Å². The minimum Gasteiger partial charge on any atom is -0.444 e. The Balaban J connectivity index is 2.19. The van der Waals surface area contributed by atoms with Crippen LogP contribution in [0.3, 0.4) is 0 Å². The Morgan fingerprint density at radius 3 is 2.50 bits per heavy atom. The van der Waals surface area contributed by atoms with E-state index in [1.54, 1.807) is 4.90 Å². The molecule has 0 radical (unpaired) electrons. The van der Waals surface area contributed by atoms with Crippen LogP contribution in [0.5, 0.6) is 0 Å². The number of ether oxygens (including phenoxy) is 1. The molecule has 1 unspecified atom stereocenters. The van der Waals surface area contributed by atoms with E-state index in [1.807, 2.05) is 51.1 Å². The molecule has 108 valence electrons. The zero-order valence-corrected chi connectivity index (χ0v) is 13.7. The van der Waals surface area contributed by atoms with Gasteiger partial charge in [-0.1, -0.05) is 40.2 Å².